The van der Waals surface area contributed by atoms with Crippen LogP contribution in [0.25, 0.3) is 43.8 Å². The smallest absolute Gasteiger partial charge is 0.0991 e. The lowest BCUT2D eigenvalue weighted by Gasteiger charge is -2.36. The minimum atomic E-state index is -0.0759. The van der Waals surface area contributed by atoms with Crippen LogP contribution in [0.4, 0.5) is 0 Å². The molecule has 0 radical (unpaired) electrons. The van der Waals surface area contributed by atoms with Crippen molar-refractivity contribution in [3.8, 4) is 28.3 Å². The molecule has 0 aromatic heterocycles. The molecule has 31 heavy (non-hydrogen) atoms. The summed E-state index contributed by atoms with van der Waals surface area (Å²) < 4.78 is 0. The van der Waals surface area contributed by atoms with Gasteiger partial charge >= 0.3 is 0 Å². The molecular formula is C30H21N. The van der Waals surface area contributed by atoms with Crippen LogP contribution >= 0.6 is 0 Å². The lowest BCUT2D eigenvalue weighted by molar-refractivity contribution is 0.645. The summed E-state index contributed by atoms with van der Waals surface area (Å²) in [4.78, 5) is 0. The first-order valence-corrected chi connectivity index (χ1v) is 10.7. The molecule has 1 heteroatoms. The predicted molar refractivity (Wildman–Crippen MR) is 129 cm³/mol. The van der Waals surface area contributed by atoms with E-state index in [0.717, 1.165) is 5.56 Å². The van der Waals surface area contributed by atoms with E-state index in [2.05, 4.69) is 98.8 Å². The Hall–Kier alpha value is -3.89. The van der Waals surface area contributed by atoms with Crippen LogP contribution in [0.2, 0.25) is 0 Å². The molecule has 0 unspecified atom stereocenters. The second-order valence-corrected chi connectivity index (χ2v) is 8.88. The zero-order chi connectivity index (χ0) is 21.2. The largest absolute Gasteiger partial charge is 0.192 e. The molecular weight excluding hydrogens is 374 g/mol. The summed E-state index contributed by atoms with van der Waals surface area (Å²) >= 11 is 0. The third-order valence-electron chi connectivity index (χ3n) is 6.90. The van der Waals surface area contributed by atoms with Gasteiger partial charge in [-0.2, -0.15) is 5.26 Å². The van der Waals surface area contributed by atoms with Crippen molar-refractivity contribution in [1.29, 1.82) is 5.26 Å². The normalized spacial score (nSPS) is 13.7. The average Bonchev–Trinajstić information content (AvgIpc) is 2.81. The Morgan fingerprint density at radius 1 is 0.613 bits per heavy atom. The summed E-state index contributed by atoms with van der Waals surface area (Å²) in [5.74, 6) is 0. The summed E-state index contributed by atoms with van der Waals surface area (Å²) in [5.41, 5.74) is 8.43. The van der Waals surface area contributed by atoms with Gasteiger partial charge in [0.25, 0.3) is 0 Å². The van der Waals surface area contributed by atoms with Gasteiger partial charge in [0, 0.05) is 5.41 Å². The van der Waals surface area contributed by atoms with Crippen molar-refractivity contribution in [1.82, 2.24) is 0 Å². The molecule has 1 nitrogen and oxygen atoms in total. The van der Waals surface area contributed by atoms with E-state index in [9.17, 15) is 5.26 Å². The fraction of sp³-hybridized carbons (Fsp3) is 0.100. The van der Waals surface area contributed by atoms with Crippen LogP contribution in [0.3, 0.4) is 0 Å². The Morgan fingerprint density at radius 2 is 1.23 bits per heavy atom. The maximum absolute atomic E-state index is 9.26. The van der Waals surface area contributed by atoms with Crippen molar-refractivity contribution in [3.05, 3.63) is 108 Å². The number of rotatable bonds is 1. The average molecular weight is 396 g/mol. The first kappa shape index (κ1) is 17.9. The van der Waals surface area contributed by atoms with Gasteiger partial charge < -0.3 is 0 Å². The summed E-state index contributed by atoms with van der Waals surface area (Å²) in [5, 5.41) is 14.4. The van der Waals surface area contributed by atoms with Crippen molar-refractivity contribution in [2.45, 2.75) is 19.3 Å². The van der Waals surface area contributed by atoms with Crippen LogP contribution in [0, 0.1) is 11.3 Å². The van der Waals surface area contributed by atoms with Crippen LogP contribution in [0.5, 0.6) is 0 Å². The lowest BCUT2D eigenvalue weighted by atomic mass is 9.67. The maximum Gasteiger partial charge on any atom is 0.0991 e. The minimum Gasteiger partial charge on any atom is -0.192 e. The van der Waals surface area contributed by atoms with Gasteiger partial charge in [-0.1, -0.05) is 92.7 Å². The third kappa shape index (κ3) is 2.36. The molecule has 0 spiro atoms. The maximum atomic E-state index is 9.26. The molecule has 0 saturated carbocycles. The standard InChI is InChI=1S/C30H21N/c1-30(2)25-12-6-5-10-23(25)28-22-9-4-3-8-21(22)27(20-16-14-19(18-31)15-17-20)24-11-7-13-26(30)29(24)28/h3-17H,1-2H3. The molecule has 0 amide bonds. The molecule has 0 saturated heterocycles. The monoisotopic (exact) mass is 395 g/mol. The fourth-order valence-electron chi connectivity index (χ4n) is 5.44. The zero-order valence-corrected chi connectivity index (χ0v) is 17.6. The van der Waals surface area contributed by atoms with E-state index < -0.39 is 0 Å². The molecule has 0 fully saturated rings. The number of fused-ring (bicyclic) bond motifs is 4. The van der Waals surface area contributed by atoms with Gasteiger partial charge in [0.1, 0.15) is 0 Å². The Labute approximate surface area is 182 Å². The van der Waals surface area contributed by atoms with E-state index in [1.165, 1.54) is 49.4 Å². The molecule has 0 N–H and O–H groups in total. The van der Waals surface area contributed by atoms with Crippen LogP contribution in [-0.4, -0.2) is 0 Å². The number of hydrogen-bond acceptors (Lipinski definition) is 1. The van der Waals surface area contributed by atoms with Gasteiger partial charge in [-0.3, -0.25) is 0 Å². The molecule has 1 aliphatic carbocycles. The van der Waals surface area contributed by atoms with E-state index in [1.54, 1.807) is 0 Å². The SMILES string of the molecule is CC1(C)c2ccccc2-c2c3ccccc3c(-c3ccc(C#N)cc3)c3cccc1c23. The molecule has 0 atom stereocenters. The Bertz CT molecular complexity index is 1550. The summed E-state index contributed by atoms with van der Waals surface area (Å²) in [6, 6.07) is 34.6. The van der Waals surface area contributed by atoms with E-state index in [1.807, 2.05) is 12.1 Å². The van der Waals surface area contributed by atoms with E-state index in [4.69, 9.17) is 0 Å². The van der Waals surface area contributed by atoms with Gasteiger partial charge in [-0.15, -0.1) is 0 Å². The molecule has 6 rings (SSSR count). The topological polar surface area (TPSA) is 23.8 Å². The summed E-state index contributed by atoms with van der Waals surface area (Å²) in [6.45, 7) is 4.67. The van der Waals surface area contributed by atoms with Gasteiger partial charge in [0.15, 0.2) is 0 Å². The first-order valence-electron chi connectivity index (χ1n) is 10.7. The molecule has 146 valence electrons. The molecule has 0 bridgehead atoms. The Balaban J connectivity index is 1.87. The second-order valence-electron chi connectivity index (χ2n) is 8.88. The predicted octanol–water partition coefficient (Wildman–Crippen LogP) is 7.84. The lowest BCUT2D eigenvalue weighted by Crippen LogP contribution is -2.23. The van der Waals surface area contributed by atoms with Gasteiger partial charge in [0.05, 0.1) is 11.6 Å². The Kier molecular flexibility index (Phi) is 3.64. The number of nitriles is 1. The van der Waals surface area contributed by atoms with Crippen LogP contribution in [0.15, 0.2) is 91.0 Å². The highest BCUT2D eigenvalue weighted by Crippen LogP contribution is 2.53. The van der Waals surface area contributed by atoms with Gasteiger partial charge in [-0.05, 0) is 67.1 Å². The number of benzene rings is 5. The van der Waals surface area contributed by atoms with E-state index >= 15 is 0 Å². The minimum absolute atomic E-state index is 0.0759. The quantitative estimate of drug-likeness (QED) is 0.265. The highest BCUT2D eigenvalue weighted by atomic mass is 14.4. The molecule has 5 aromatic carbocycles. The van der Waals surface area contributed by atoms with E-state index in [-0.39, 0.29) is 5.41 Å². The summed E-state index contributed by atoms with van der Waals surface area (Å²) in [6.07, 6.45) is 0. The molecule has 0 aliphatic heterocycles. The van der Waals surface area contributed by atoms with Crippen LogP contribution in [0.1, 0.15) is 30.5 Å². The first-order chi connectivity index (χ1) is 15.1. The van der Waals surface area contributed by atoms with Crippen molar-refractivity contribution in [3.63, 3.8) is 0 Å². The fourth-order valence-corrected chi connectivity index (χ4v) is 5.44. The second kappa shape index (κ2) is 6.30. The number of nitrogens with zero attached hydrogens (tertiary/aromatic N) is 1. The van der Waals surface area contributed by atoms with Crippen molar-refractivity contribution >= 4 is 21.5 Å². The van der Waals surface area contributed by atoms with Crippen molar-refractivity contribution in [2.75, 3.05) is 0 Å². The molecule has 5 aromatic rings. The van der Waals surface area contributed by atoms with Crippen molar-refractivity contribution < 1.29 is 0 Å². The Morgan fingerprint density at radius 3 is 1.97 bits per heavy atom. The third-order valence-corrected chi connectivity index (χ3v) is 6.90. The highest BCUT2D eigenvalue weighted by molar-refractivity contribution is 6.23. The molecule has 1 aliphatic rings. The van der Waals surface area contributed by atoms with E-state index in [0.29, 0.717) is 5.56 Å². The number of hydrogen-bond donors (Lipinski definition) is 0. The molecule has 0 heterocycles. The van der Waals surface area contributed by atoms with Crippen LogP contribution in [-0.2, 0) is 5.41 Å². The van der Waals surface area contributed by atoms with Gasteiger partial charge in [-0.25, -0.2) is 0 Å². The highest BCUT2D eigenvalue weighted by Gasteiger charge is 2.34. The van der Waals surface area contributed by atoms with Gasteiger partial charge in [0.2, 0.25) is 0 Å². The summed E-state index contributed by atoms with van der Waals surface area (Å²) in [7, 11) is 0. The van der Waals surface area contributed by atoms with Crippen molar-refractivity contribution in [2.24, 2.45) is 0 Å². The van der Waals surface area contributed by atoms with Crippen LogP contribution < -0.4 is 0 Å². The zero-order valence-electron chi connectivity index (χ0n) is 17.6.